The van der Waals surface area contributed by atoms with Crippen molar-refractivity contribution in [2.75, 3.05) is 0 Å². The number of hydrogen-bond acceptors (Lipinski definition) is 0. The molecule has 0 aromatic rings. The van der Waals surface area contributed by atoms with Crippen molar-refractivity contribution in [3.8, 4) is 0 Å². The van der Waals surface area contributed by atoms with Gasteiger partial charge in [0.05, 0.1) is 0 Å². The third-order valence-corrected chi connectivity index (χ3v) is 5.39. The van der Waals surface area contributed by atoms with Crippen molar-refractivity contribution in [1.29, 1.82) is 0 Å². The zero-order valence-electron chi connectivity index (χ0n) is 11.1. The van der Waals surface area contributed by atoms with Crippen LogP contribution in [0, 0.1) is 22.7 Å². The SMILES string of the molecule is CC(C)(C)[C@H]1CC[C@@]2(C)CCCC[C@@H]2C1. The van der Waals surface area contributed by atoms with Crippen LogP contribution in [-0.2, 0) is 0 Å². The van der Waals surface area contributed by atoms with E-state index in [9.17, 15) is 0 Å². The van der Waals surface area contributed by atoms with Crippen molar-refractivity contribution in [2.24, 2.45) is 22.7 Å². The third-order valence-electron chi connectivity index (χ3n) is 5.39. The van der Waals surface area contributed by atoms with E-state index in [0.29, 0.717) is 5.41 Å². The van der Waals surface area contributed by atoms with Gasteiger partial charge in [-0.2, -0.15) is 0 Å². The first-order chi connectivity index (χ1) is 6.92. The fourth-order valence-corrected chi connectivity index (χ4v) is 3.96. The van der Waals surface area contributed by atoms with Crippen LogP contribution in [0.3, 0.4) is 0 Å². The second-order valence-electron chi connectivity index (χ2n) is 7.43. The Balaban J connectivity index is 2.05. The highest BCUT2D eigenvalue weighted by Gasteiger charge is 2.43. The summed E-state index contributed by atoms with van der Waals surface area (Å²) in [6, 6.07) is 0. The molecule has 0 radical (unpaired) electrons. The summed E-state index contributed by atoms with van der Waals surface area (Å²) in [6.45, 7) is 9.87. The van der Waals surface area contributed by atoms with Crippen LogP contribution in [0.2, 0.25) is 0 Å². The Morgan fingerprint density at radius 1 is 1.00 bits per heavy atom. The number of rotatable bonds is 0. The van der Waals surface area contributed by atoms with E-state index >= 15 is 0 Å². The van der Waals surface area contributed by atoms with Crippen molar-refractivity contribution in [3.05, 3.63) is 0 Å². The normalized spacial score (nSPS) is 42.4. The molecule has 0 bridgehead atoms. The second-order valence-corrected chi connectivity index (χ2v) is 7.43. The molecule has 2 aliphatic carbocycles. The minimum Gasteiger partial charge on any atom is -0.0599 e. The van der Waals surface area contributed by atoms with Crippen LogP contribution in [0.15, 0.2) is 0 Å². The van der Waals surface area contributed by atoms with Crippen LogP contribution in [0.5, 0.6) is 0 Å². The molecule has 0 aromatic heterocycles. The van der Waals surface area contributed by atoms with E-state index in [4.69, 9.17) is 0 Å². The first kappa shape index (κ1) is 11.5. The molecular formula is C15H28. The maximum Gasteiger partial charge on any atom is -0.0297 e. The highest BCUT2D eigenvalue weighted by atomic mass is 14.5. The Labute approximate surface area is 95.8 Å². The molecule has 0 heteroatoms. The third kappa shape index (κ3) is 2.24. The molecule has 2 aliphatic rings. The van der Waals surface area contributed by atoms with Crippen molar-refractivity contribution in [2.45, 2.75) is 72.6 Å². The minimum absolute atomic E-state index is 0.540. The van der Waals surface area contributed by atoms with Crippen LogP contribution >= 0.6 is 0 Å². The Hall–Kier alpha value is 0. The maximum atomic E-state index is 2.57. The molecule has 0 aliphatic heterocycles. The molecule has 0 heterocycles. The summed E-state index contributed by atoms with van der Waals surface area (Å²) >= 11 is 0. The molecule has 0 saturated heterocycles. The van der Waals surface area contributed by atoms with Gasteiger partial charge in [-0.15, -0.1) is 0 Å². The molecule has 0 nitrogen and oxygen atoms in total. The zero-order valence-corrected chi connectivity index (χ0v) is 11.1. The van der Waals surface area contributed by atoms with E-state index in [-0.39, 0.29) is 0 Å². The van der Waals surface area contributed by atoms with E-state index in [1.165, 1.54) is 44.9 Å². The van der Waals surface area contributed by atoms with Crippen LogP contribution in [-0.4, -0.2) is 0 Å². The molecule has 2 fully saturated rings. The molecule has 88 valence electrons. The highest BCUT2D eigenvalue weighted by molar-refractivity contribution is 4.94. The minimum atomic E-state index is 0.540. The van der Waals surface area contributed by atoms with E-state index < -0.39 is 0 Å². The van der Waals surface area contributed by atoms with Gasteiger partial charge in [0.2, 0.25) is 0 Å². The highest BCUT2D eigenvalue weighted by Crippen LogP contribution is 2.54. The van der Waals surface area contributed by atoms with Gasteiger partial charge < -0.3 is 0 Å². The van der Waals surface area contributed by atoms with Crippen molar-refractivity contribution >= 4 is 0 Å². The van der Waals surface area contributed by atoms with Gasteiger partial charge in [0.25, 0.3) is 0 Å². The van der Waals surface area contributed by atoms with E-state index in [1.807, 2.05) is 0 Å². The van der Waals surface area contributed by atoms with Gasteiger partial charge >= 0.3 is 0 Å². The molecule has 15 heavy (non-hydrogen) atoms. The molecule has 2 saturated carbocycles. The smallest absolute Gasteiger partial charge is 0.0297 e. The summed E-state index contributed by atoms with van der Waals surface area (Å²) in [5.74, 6) is 2.03. The number of fused-ring (bicyclic) bond motifs is 1. The van der Waals surface area contributed by atoms with Crippen LogP contribution < -0.4 is 0 Å². The average molecular weight is 208 g/mol. The second kappa shape index (κ2) is 3.79. The van der Waals surface area contributed by atoms with Gasteiger partial charge in [-0.1, -0.05) is 40.5 Å². The Morgan fingerprint density at radius 2 is 1.73 bits per heavy atom. The summed E-state index contributed by atoms with van der Waals surface area (Å²) in [7, 11) is 0. The van der Waals surface area contributed by atoms with Crippen LogP contribution in [0.25, 0.3) is 0 Å². The fourth-order valence-electron chi connectivity index (χ4n) is 3.96. The maximum absolute atomic E-state index is 2.57. The van der Waals surface area contributed by atoms with Gasteiger partial charge in [-0.05, 0) is 54.8 Å². The van der Waals surface area contributed by atoms with Crippen molar-refractivity contribution in [3.63, 3.8) is 0 Å². The average Bonchev–Trinajstić information content (AvgIpc) is 2.14. The lowest BCUT2D eigenvalue weighted by molar-refractivity contribution is 0.00482. The van der Waals surface area contributed by atoms with Gasteiger partial charge in [0.15, 0.2) is 0 Å². The lowest BCUT2D eigenvalue weighted by Gasteiger charge is -2.50. The molecule has 0 spiro atoms. The Bertz CT molecular complexity index is 223. The van der Waals surface area contributed by atoms with Gasteiger partial charge in [0, 0.05) is 0 Å². The van der Waals surface area contributed by atoms with Crippen LogP contribution in [0.4, 0.5) is 0 Å². The summed E-state index contributed by atoms with van der Waals surface area (Å²) in [4.78, 5) is 0. The first-order valence-corrected chi connectivity index (χ1v) is 6.92. The fraction of sp³-hybridized carbons (Fsp3) is 1.00. The predicted molar refractivity (Wildman–Crippen MR) is 66.9 cm³/mol. The van der Waals surface area contributed by atoms with E-state index in [0.717, 1.165) is 17.3 Å². The largest absolute Gasteiger partial charge is 0.0599 e. The molecule has 0 unspecified atom stereocenters. The molecule has 0 amide bonds. The van der Waals surface area contributed by atoms with Crippen LogP contribution in [0.1, 0.15) is 72.6 Å². The van der Waals surface area contributed by atoms with Gasteiger partial charge in [0.1, 0.15) is 0 Å². The van der Waals surface area contributed by atoms with E-state index in [1.54, 1.807) is 0 Å². The van der Waals surface area contributed by atoms with Gasteiger partial charge in [-0.25, -0.2) is 0 Å². The Morgan fingerprint density at radius 3 is 2.40 bits per heavy atom. The molecule has 3 atom stereocenters. The molecule has 0 N–H and O–H groups in total. The summed E-state index contributed by atoms with van der Waals surface area (Å²) in [5, 5.41) is 0. The van der Waals surface area contributed by atoms with Gasteiger partial charge in [-0.3, -0.25) is 0 Å². The molecule has 0 aromatic carbocycles. The lowest BCUT2D eigenvalue weighted by atomic mass is 9.55. The number of hydrogen-bond donors (Lipinski definition) is 0. The zero-order chi connectivity index (χ0) is 11.1. The topological polar surface area (TPSA) is 0 Å². The summed E-state index contributed by atoms with van der Waals surface area (Å²) in [5.41, 5.74) is 1.26. The lowest BCUT2D eigenvalue weighted by Crippen LogP contribution is -2.40. The Kier molecular flexibility index (Phi) is 2.90. The van der Waals surface area contributed by atoms with Crippen molar-refractivity contribution in [1.82, 2.24) is 0 Å². The predicted octanol–water partition coefficient (Wildman–Crippen LogP) is 5.03. The van der Waals surface area contributed by atoms with Crippen molar-refractivity contribution < 1.29 is 0 Å². The molecular weight excluding hydrogens is 180 g/mol. The summed E-state index contributed by atoms with van der Waals surface area (Å²) in [6.07, 6.45) is 10.5. The summed E-state index contributed by atoms with van der Waals surface area (Å²) < 4.78 is 0. The quantitative estimate of drug-likeness (QED) is 0.524. The monoisotopic (exact) mass is 208 g/mol. The first-order valence-electron chi connectivity index (χ1n) is 6.92. The van der Waals surface area contributed by atoms with E-state index in [2.05, 4.69) is 27.7 Å². The standard InChI is InChI=1S/C15H28/c1-14(2,3)12-8-10-15(4)9-6-5-7-13(15)11-12/h12-13H,5-11H2,1-4H3/t12-,13+,15+/m0/s1. The molecule has 2 rings (SSSR count).